The van der Waals surface area contributed by atoms with Crippen molar-refractivity contribution in [1.82, 2.24) is 0 Å². The number of aliphatic hydroxyl groups is 1. The quantitative estimate of drug-likeness (QED) is 0.794. The molecule has 3 atom stereocenters. The van der Waals surface area contributed by atoms with Crippen LogP contribution in [-0.2, 0) is 9.59 Å². The highest BCUT2D eigenvalue weighted by Gasteiger charge is 2.60. The highest BCUT2D eigenvalue weighted by Crippen LogP contribution is 2.64. The summed E-state index contributed by atoms with van der Waals surface area (Å²) in [6.07, 6.45) is 4.64. The van der Waals surface area contributed by atoms with Crippen molar-refractivity contribution in [3.05, 3.63) is 22.8 Å². The largest absolute Gasteiger partial charge is 0.396 e. The average Bonchev–Trinajstić information content (AvgIpc) is 2.73. The number of carbonyl (C=O) groups excluding carboxylic acids is 2. The van der Waals surface area contributed by atoms with Gasteiger partial charge in [-0.1, -0.05) is 41.0 Å². The monoisotopic (exact) mass is 316 g/mol. The van der Waals surface area contributed by atoms with Crippen LogP contribution in [0.15, 0.2) is 22.8 Å². The van der Waals surface area contributed by atoms with E-state index in [1.165, 1.54) is 0 Å². The van der Waals surface area contributed by atoms with Crippen LogP contribution in [-0.4, -0.2) is 23.3 Å². The number of ketones is 2. The molecule has 0 radical (unpaired) electrons. The number of hydrogen-bond donors (Lipinski definition) is 1. The average molecular weight is 316 g/mol. The lowest BCUT2D eigenvalue weighted by molar-refractivity contribution is -0.116. The third-order valence-electron chi connectivity index (χ3n) is 6.52. The molecule has 0 spiro atoms. The zero-order chi connectivity index (χ0) is 17.2. The van der Waals surface area contributed by atoms with Gasteiger partial charge in [0.1, 0.15) is 0 Å². The molecule has 1 N–H and O–H groups in total. The van der Waals surface area contributed by atoms with Gasteiger partial charge in [0.2, 0.25) is 0 Å². The van der Waals surface area contributed by atoms with Gasteiger partial charge in [-0.15, -0.1) is 0 Å². The van der Waals surface area contributed by atoms with Crippen LogP contribution in [0.3, 0.4) is 0 Å². The van der Waals surface area contributed by atoms with Crippen molar-refractivity contribution in [1.29, 1.82) is 0 Å². The van der Waals surface area contributed by atoms with E-state index in [4.69, 9.17) is 0 Å². The van der Waals surface area contributed by atoms with Gasteiger partial charge >= 0.3 is 0 Å². The van der Waals surface area contributed by atoms with Crippen molar-refractivity contribution in [3.63, 3.8) is 0 Å². The van der Waals surface area contributed by atoms with Crippen LogP contribution in [0, 0.1) is 28.6 Å². The molecular formula is C20H28O3. The summed E-state index contributed by atoms with van der Waals surface area (Å²) in [5, 5.41) is 10.1. The second-order valence-corrected chi connectivity index (χ2v) is 8.76. The molecule has 0 amide bonds. The van der Waals surface area contributed by atoms with Crippen molar-refractivity contribution in [3.8, 4) is 0 Å². The van der Waals surface area contributed by atoms with Gasteiger partial charge in [0.15, 0.2) is 11.6 Å². The van der Waals surface area contributed by atoms with Gasteiger partial charge in [-0.25, -0.2) is 0 Å². The number of aliphatic hydroxyl groups excluding tert-OH is 1. The first-order chi connectivity index (χ1) is 10.6. The van der Waals surface area contributed by atoms with E-state index in [1.54, 1.807) is 6.08 Å². The molecule has 0 unspecified atom stereocenters. The predicted molar refractivity (Wildman–Crippen MR) is 89.8 cm³/mol. The molecule has 0 heterocycles. The Hall–Kier alpha value is -1.22. The Bertz CT molecular complexity index is 635. The number of hydrogen-bond acceptors (Lipinski definition) is 3. The van der Waals surface area contributed by atoms with Gasteiger partial charge in [0.25, 0.3) is 0 Å². The summed E-state index contributed by atoms with van der Waals surface area (Å²) < 4.78 is 0. The summed E-state index contributed by atoms with van der Waals surface area (Å²) in [5.41, 5.74) is 1.69. The van der Waals surface area contributed by atoms with Gasteiger partial charge in [-0.2, -0.15) is 0 Å². The first kappa shape index (κ1) is 16.6. The van der Waals surface area contributed by atoms with E-state index in [1.807, 2.05) is 13.8 Å². The van der Waals surface area contributed by atoms with E-state index >= 15 is 0 Å². The molecule has 0 bridgehead atoms. The first-order valence-electron chi connectivity index (χ1n) is 8.81. The third-order valence-corrected chi connectivity index (χ3v) is 6.52. The van der Waals surface area contributed by atoms with Crippen LogP contribution in [0.5, 0.6) is 0 Å². The molecule has 3 aliphatic rings. The van der Waals surface area contributed by atoms with E-state index in [0.717, 1.165) is 19.3 Å². The zero-order valence-corrected chi connectivity index (χ0v) is 14.9. The zero-order valence-electron chi connectivity index (χ0n) is 14.9. The molecule has 3 heteroatoms. The Morgan fingerprint density at radius 1 is 1.22 bits per heavy atom. The molecule has 0 aromatic rings. The number of carbonyl (C=O) groups is 2. The highest BCUT2D eigenvalue weighted by atomic mass is 16.3. The Kier molecular flexibility index (Phi) is 3.72. The minimum Gasteiger partial charge on any atom is -0.396 e. The number of Topliss-reactive ketones (excluding diaryl/α,β-unsaturated/α-hetero) is 1. The highest BCUT2D eigenvalue weighted by molar-refractivity contribution is 6.24. The normalized spacial score (nSPS) is 36.2. The molecule has 3 aliphatic carbocycles. The minimum atomic E-state index is -0.282. The topological polar surface area (TPSA) is 54.4 Å². The third kappa shape index (κ3) is 2.12. The van der Waals surface area contributed by atoms with E-state index < -0.39 is 0 Å². The maximum absolute atomic E-state index is 13.1. The molecule has 0 aromatic carbocycles. The van der Waals surface area contributed by atoms with E-state index in [2.05, 4.69) is 20.8 Å². The Labute approximate surface area is 138 Å². The number of allylic oxidation sites excluding steroid dienone is 3. The lowest BCUT2D eigenvalue weighted by Crippen LogP contribution is -2.44. The Morgan fingerprint density at radius 3 is 2.43 bits per heavy atom. The maximum Gasteiger partial charge on any atom is 0.186 e. The van der Waals surface area contributed by atoms with Gasteiger partial charge < -0.3 is 5.11 Å². The number of fused-ring (bicyclic) bond motifs is 2. The molecular weight excluding hydrogens is 288 g/mol. The fraction of sp³-hybridized carbons (Fsp3) is 0.700. The summed E-state index contributed by atoms with van der Waals surface area (Å²) in [6.45, 7) is 10.4. The summed E-state index contributed by atoms with van der Waals surface area (Å²) in [4.78, 5) is 26.0. The van der Waals surface area contributed by atoms with Crippen LogP contribution in [0.25, 0.3) is 0 Å². The molecule has 126 valence electrons. The van der Waals surface area contributed by atoms with E-state index in [-0.39, 0.29) is 46.8 Å². The SMILES string of the molecule is CC(C)C1=CC(=O)C2=C(C1=O)[C@H](CO)[C@H]1C(C)(C)CCC[C@]21C. The minimum absolute atomic E-state index is 0.0000694. The summed E-state index contributed by atoms with van der Waals surface area (Å²) in [7, 11) is 0. The fourth-order valence-electron chi connectivity index (χ4n) is 5.77. The molecule has 0 aromatic heterocycles. The van der Waals surface area contributed by atoms with Gasteiger partial charge in [0, 0.05) is 28.1 Å². The van der Waals surface area contributed by atoms with Gasteiger partial charge in [-0.3, -0.25) is 9.59 Å². The smallest absolute Gasteiger partial charge is 0.186 e. The molecule has 0 saturated heterocycles. The van der Waals surface area contributed by atoms with Crippen molar-refractivity contribution in [2.24, 2.45) is 28.6 Å². The van der Waals surface area contributed by atoms with Crippen LogP contribution >= 0.6 is 0 Å². The van der Waals surface area contributed by atoms with Crippen LogP contribution in [0.4, 0.5) is 0 Å². The lowest BCUT2D eigenvalue weighted by Gasteiger charge is -2.50. The van der Waals surface area contributed by atoms with Crippen molar-refractivity contribution in [2.75, 3.05) is 6.61 Å². The maximum atomic E-state index is 13.1. The van der Waals surface area contributed by atoms with Crippen molar-refractivity contribution < 1.29 is 14.7 Å². The molecule has 3 rings (SSSR count). The Morgan fingerprint density at radius 2 is 1.87 bits per heavy atom. The van der Waals surface area contributed by atoms with Crippen molar-refractivity contribution >= 4 is 11.6 Å². The predicted octanol–water partition coefficient (Wildman–Crippen LogP) is 3.47. The van der Waals surface area contributed by atoms with Crippen LogP contribution in [0.1, 0.15) is 53.9 Å². The van der Waals surface area contributed by atoms with Crippen LogP contribution < -0.4 is 0 Å². The standard InChI is InChI=1S/C20H28O3/c1-11(2)12-9-14(22)16-15(17(12)23)13(10-21)18-19(3,4)7-6-8-20(16,18)5/h9,11,13,18,21H,6-8,10H2,1-5H3/t13-,18-,20+/m0/s1. The molecule has 3 nitrogen and oxygen atoms in total. The lowest BCUT2D eigenvalue weighted by atomic mass is 9.54. The molecule has 0 aliphatic heterocycles. The molecule has 1 fully saturated rings. The van der Waals surface area contributed by atoms with Gasteiger partial charge in [-0.05, 0) is 36.2 Å². The van der Waals surface area contributed by atoms with E-state index in [0.29, 0.717) is 16.7 Å². The molecule has 23 heavy (non-hydrogen) atoms. The van der Waals surface area contributed by atoms with Crippen LogP contribution in [0.2, 0.25) is 0 Å². The molecule has 1 saturated carbocycles. The first-order valence-corrected chi connectivity index (χ1v) is 8.81. The summed E-state index contributed by atoms with van der Waals surface area (Å²) in [6, 6.07) is 0. The second kappa shape index (κ2) is 5.14. The fourth-order valence-corrected chi connectivity index (χ4v) is 5.77. The Balaban J connectivity index is 2.19. The number of rotatable bonds is 2. The van der Waals surface area contributed by atoms with E-state index in [9.17, 15) is 14.7 Å². The summed E-state index contributed by atoms with van der Waals surface area (Å²) >= 11 is 0. The second-order valence-electron chi connectivity index (χ2n) is 8.76. The summed E-state index contributed by atoms with van der Waals surface area (Å²) in [5.74, 6) is -0.0106. The van der Waals surface area contributed by atoms with Gasteiger partial charge in [0.05, 0.1) is 6.61 Å². The van der Waals surface area contributed by atoms with Crippen molar-refractivity contribution in [2.45, 2.75) is 53.9 Å².